The first kappa shape index (κ1) is 10.7. The fourth-order valence-electron chi connectivity index (χ4n) is 1.25. The quantitative estimate of drug-likeness (QED) is 0.420. The molecule has 0 fully saturated rings. The lowest BCUT2D eigenvalue weighted by Crippen LogP contribution is -2.30. The van der Waals surface area contributed by atoms with Gasteiger partial charge >= 0.3 is 0 Å². The van der Waals surface area contributed by atoms with Crippen LogP contribution in [0.5, 0.6) is 0 Å². The van der Waals surface area contributed by atoms with Crippen LogP contribution in [0.25, 0.3) is 0 Å². The smallest absolute Gasteiger partial charge is 0.219 e. The Balaban J connectivity index is 2.99. The van der Waals surface area contributed by atoms with Crippen molar-refractivity contribution < 1.29 is 19.7 Å². The van der Waals surface area contributed by atoms with Gasteiger partial charge in [0.15, 0.2) is 5.76 Å². The highest BCUT2D eigenvalue weighted by Crippen LogP contribution is 2.25. The van der Waals surface area contributed by atoms with E-state index in [9.17, 15) is 4.79 Å². The molecule has 1 aliphatic rings. The van der Waals surface area contributed by atoms with Crippen LogP contribution in [0.2, 0.25) is 0 Å². The Morgan fingerprint density at radius 3 is 2.93 bits per heavy atom. The molecular weight excluding hydrogens is 184 g/mol. The first-order chi connectivity index (χ1) is 6.67. The van der Waals surface area contributed by atoms with Gasteiger partial charge in [-0.25, -0.2) is 4.89 Å². The number of ketones is 1. The summed E-state index contributed by atoms with van der Waals surface area (Å²) in [4.78, 5) is 15.5. The molecule has 4 nitrogen and oxygen atoms in total. The Morgan fingerprint density at radius 1 is 1.71 bits per heavy atom. The standard InChI is InChI=1S/C10H12O4/c1-3-5-10(14-12)6-4-8(11)9(7-10)13-2/h3-4,6-7,12H,1,5H2,2H3. The zero-order chi connectivity index (χ0) is 10.6. The van der Waals surface area contributed by atoms with Crippen molar-refractivity contribution in [2.45, 2.75) is 12.0 Å². The largest absolute Gasteiger partial charge is 0.493 e. The Kier molecular flexibility index (Phi) is 3.22. The molecule has 0 aromatic rings. The van der Waals surface area contributed by atoms with Crippen molar-refractivity contribution in [2.24, 2.45) is 0 Å². The van der Waals surface area contributed by atoms with Crippen LogP contribution in [0.1, 0.15) is 6.42 Å². The summed E-state index contributed by atoms with van der Waals surface area (Å²) in [6.45, 7) is 3.54. The minimum absolute atomic E-state index is 0.156. The average molecular weight is 196 g/mol. The van der Waals surface area contributed by atoms with Crippen molar-refractivity contribution in [3.8, 4) is 0 Å². The first-order valence-electron chi connectivity index (χ1n) is 4.11. The molecule has 0 saturated carbocycles. The van der Waals surface area contributed by atoms with Gasteiger partial charge in [-0.2, -0.15) is 0 Å². The monoisotopic (exact) mass is 196 g/mol. The predicted molar refractivity (Wildman–Crippen MR) is 50.5 cm³/mol. The summed E-state index contributed by atoms with van der Waals surface area (Å²) in [5, 5.41) is 8.76. The second-order valence-corrected chi connectivity index (χ2v) is 2.95. The zero-order valence-corrected chi connectivity index (χ0v) is 7.90. The lowest BCUT2D eigenvalue weighted by atomic mass is 9.93. The highest BCUT2D eigenvalue weighted by Gasteiger charge is 2.31. The second-order valence-electron chi connectivity index (χ2n) is 2.95. The minimum atomic E-state index is -1.03. The van der Waals surface area contributed by atoms with E-state index in [0.717, 1.165) is 0 Å². The van der Waals surface area contributed by atoms with E-state index in [1.807, 2.05) is 0 Å². The van der Waals surface area contributed by atoms with E-state index < -0.39 is 5.60 Å². The fraction of sp³-hybridized carbons (Fsp3) is 0.300. The van der Waals surface area contributed by atoms with Gasteiger partial charge in [0, 0.05) is 12.5 Å². The molecular formula is C10H12O4. The minimum Gasteiger partial charge on any atom is -0.493 e. The molecule has 1 N–H and O–H groups in total. The van der Waals surface area contributed by atoms with E-state index in [1.54, 1.807) is 6.08 Å². The van der Waals surface area contributed by atoms with E-state index >= 15 is 0 Å². The molecule has 1 unspecified atom stereocenters. The Hall–Kier alpha value is -1.39. The molecule has 1 atom stereocenters. The summed E-state index contributed by atoms with van der Waals surface area (Å²) in [6.07, 6.45) is 6.15. The fourth-order valence-corrected chi connectivity index (χ4v) is 1.25. The van der Waals surface area contributed by atoms with Gasteiger partial charge in [-0.15, -0.1) is 6.58 Å². The Labute approximate surface area is 82.1 Å². The number of hydrogen-bond donors (Lipinski definition) is 1. The molecule has 0 saturated heterocycles. The zero-order valence-electron chi connectivity index (χ0n) is 7.90. The summed E-state index contributed by atoms with van der Waals surface area (Å²) in [7, 11) is 1.39. The molecule has 14 heavy (non-hydrogen) atoms. The summed E-state index contributed by atoms with van der Waals surface area (Å²) in [6, 6.07) is 0. The van der Waals surface area contributed by atoms with E-state index in [2.05, 4.69) is 11.5 Å². The Bertz CT molecular complexity index is 303. The number of carbonyl (C=O) groups is 1. The SMILES string of the molecule is C=CCC1(OO)C=CC(=O)C(OC)=C1. The summed E-state index contributed by atoms with van der Waals surface area (Å²) in [5.74, 6) is -0.0902. The van der Waals surface area contributed by atoms with E-state index in [4.69, 9.17) is 9.99 Å². The average Bonchev–Trinajstić information content (AvgIpc) is 2.22. The van der Waals surface area contributed by atoms with Gasteiger partial charge in [0.25, 0.3) is 0 Å². The number of ether oxygens (including phenoxy) is 1. The summed E-state index contributed by atoms with van der Waals surface area (Å²) in [5.41, 5.74) is -1.03. The highest BCUT2D eigenvalue weighted by molar-refractivity contribution is 6.03. The van der Waals surface area contributed by atoms with Gasteiger partial charge in [-0.05, 0) is 12.2 Å². The third-order valence-electron chi connectivity index (χ3n) is 1.99. The third kappa shape index (κ3) is 1.92. The van der Waals surface area contributed by atoms with Crippen LogP contribution in [0.15, 0.2) is 36.6 Å². The van der Waals surface area contributed by atoms with Gasteiger partial charge in [0.2, 0.25) is 5.78 Å². The van der Waals surface area contributed by atoms with Gasteiger partial charge < -0.3 is 4.74 Å². The van der Waals surface area contributed by atoms with Crippen LogP contribution in [-0.4, -0.2) is 23.8 Å². The molecule has 0 amide bonds. The number of rotatable bonds is 4. The molecule has 0 aromatic carbocycles. The van der Waals surface area contributed by atoms with Gasteiger partial charge in [-0.1, -0.05) is 6.08 Å². The van der Waals surface area contributed by atoms with E-state index in [-0.39, 0.29) is 11.5 Å². The predicted octanol–water partition coefficient (Wildman–Crippen LogP) is 1.46. The molecule has 0 aliphatic heterocycles. The van der Waals surface area contributed by atoms with Crippen molar-refractivity contribution >= 4 is 5.78 Å². The molecule has 0 heterocycles. The molecule has 0 bridgehead atoms. The maximum atomic E-state index is 11.2. The van der Waals surface area contributed by atoms with Crippen molar-refractivity contribution in [1.82, 2.24) is 0 Å². The normalized spacial score (nSPS) is 25.9. The van der Waals surface area contributed by atoms with Crippen LogP contribution in [0.3, 0.4) is 0 Å². The summed E-state index contributed by atoms with van der Waals surface area (Å²) < 4.78 is 4.84. The maximum Gasteiger partial charge on any atom is 0.219 e. The lowest BCUT2D eigenvalue weighted by Gasteiger charge is -2.25. The molecule has 0 radical (unpaired) electrons. The van der Waals surface area contributed by atoms with Crippen molar-refractivity contribution in [2.75, 3.05) is 7.11 Å². The molecule has 0 spiro atoms. The molecule has 1 rings (SSSR count). The number of carbonyl (C=O) groups excluding carboxylic acids is 1. The van der Waals surface area contributed by atoms with Gasteiger partial charge in [0.1, 0.15) is 5.60 Å². The van der Waals surface area contributed by atoms with E-state index in [0.29, 0.717) is 6.42 Å². The molecule has 1 aliphatic carbocycles. The van der Waals surface area contributed by atoms with Crippen molar-refractivity contribution in [1.29, 1.82) is 0 Å². The lowest BCUT2D eigenvalue weighted by molar-refractivity contribution is -0.292. The van der Waals surface area contributed by atoms with Crippen LogP contribution in [0.4, 0.5) is 0 Å². The van der Waals surface area contributed by atoms with Crippen molar-refractivity contribution in [3.63, 3.8) is 0 Å². The second kappa shape index (κ2) is 4.21. The van der Waals surface area contributed by atoms with Crippen LogP contribution >= 0.6 is 0 Å². The molecule has 0 aromatic heterocycles. The first-order valence-corrected chi connectivity index (χ1v) is 4.11. The van der Waals surface area contributed by atoms with Crippen molar-refractivity contribution in [3.05, 3.63) is 36.6 Å². The third-order valence-corrected chi connectivity index (χ3v) is 1.99. The van der Waals surface area contributed by atoms with Crippen LogP contribution in [-0.2, 0) is 14.4 Å². The topological polar surface area (TPSA) is 55.8 Å². The number of allylic oxidation sites excluding steroid dienone is 1. The summed E-state index contributed by atoms with van der Waals surface area (Å²) >= 11 is 0. The van der Waals surface area contributed by atoms with Crippen LogP contribution in [0, 0.1) is 0 Å². The Morgan fingerprint density at radius 2 is 2.43 bits per heavy atom. The molecule has 76 valence electrons. The number of hydrogen-bond acceptors (Lipinski definition) is 4. The highest BCUT2D eigenvalue weighted by atomic mass is 17.1. The number of methoxy groups -OCH3 is 1. The van der Waals surface area contributed by atoms with Gasteiger partial charge in [-0.3, -0.25) is 10.1 Å². The van der Waals surface area contributed by atoms with Crippen LogP contribution < -0.4 is 0 Å². The van der Waals surface area contributed by atoms with E-state index in [1.165, 1.54) is 25.3 Å². The maximum absolute atomic E-state index is 11.2. The van der Waals surface area contributed by atoms with Gasteiger partial charge in [0.05, 0.1) is 7.11 Å². The molecule has 4 heteroatoms.